The van der Waals surface area contributed by atoms with Crippen molar-refractivity contribution in [2.45, 2.75) is 19.1 Å². The first kappa shape index (κ1) is 18.0. The minimum Gasteiger partial charge on any atom is -0.478 e. The summed E-state index contributed by atoms with van der Waals surface area (Å²) in [6, 6.07) is 10.6. The van der Waals surface area contributed by atoms with Crippen LogP contribution in [0.4, 0.5) is 0 Å². The van der Waals surface area contributed by atoms with Gasteiger partial charge in [0, 0.05) is 31.4 Å². The van der Waals surface area contributed by atoms with Gasteiger partial charge in [-0.2, -0.15) is 0 Å². The number of aromatic nitrogens is 1. The van der Waals surface area contributed by atoms with E-state index in [-0.39, 0.29) is 5.56 Å². The monoisotopic (exact) mass is 355 g/mol. The Kier molecular flexibility index (Phi) is 5.01. The Morgan fingerprint density at radius 1 is 1.31 bits per heavy atom. The molecule has 1 aliphatic heterocycles. The second-order valence-corrected chi connectivity index (χ2v) is 6.54. The Labute approximate surface area is 151 Å². The van der Waals surface area contributed by atoms with Gasteiger partial charge >= 0.3 is 5.97 Å². The number of carboxylic acid groups (broad SMARTS) is 1. The summed E-state index contributed by atoms with van der Waals surface area (Å²) in [6.07, 6.45) is 1.67. The van der Waals surface area contributed by atoms with Crippen LogP contribution in [0.1, 0.15) is 23.0 Å². The van der Waals surface area contributed by atoms with Crippen LogP contribution in [0, 0.1) is 0 Å². The molecule has 3 rings (SSSR count). The third-order valence-electron chi connectivity index (χ3n) is 4.55. The normalized spacial score (nSPS) is 20.7. The molecule has 2 aromatic rings. The molecule has 1 amide bonds. The van der Waals surface area contributed by atoms with Crippen molar-refractivity contribution in [1.29, 1.82) is 0 Å². The van der Waals surface area contributed by atoms with Crippen molar-refractivity contribution < 1.29 is 19.4 Å². The SMILES string of the molecule is CC1(C(N)=O)CN(Cc2ccc(-c3ccccc3C(=O)O)cn2)CCO1. The van der Waals surface area contributed by atoms with Crippen LogP contribution in [0.2, 0.25) is 0 Å². The number of pyridine rings is 1. The van der Waals surface area contributed by atoms with Crippen molar-refractivity contribution in [3.05, 3.63) is 53.9 Å². The first-order valence-electron chi connectivity index (χ1n) is 8.33. The number of carboxylic acids is 1. The van der Waals surface area contributed by atoms with Gasteiger partial charge in [0.05, 0.1) is 17.9 Å². The third-order valence-corrected chi connectivity index (χ3v) is 4.55. The highest BCUT2D eigenvalue weighted by Crippen LogP contribution is 2.24. The van der Waals surface area contributed by atoms with Crippen molar-refractivity contribution >= 4 is 11.9 Å². The van der Waals surface area contributed by atoms with Crippen molar-refractivity contribution in [2.75, 3.05) is 19.7 Å². The van der Waals surface area contributed by atoms with Gasteiger partial charge in [-0.15, -0.1) is 0 Å². The van der Waals surface area contributed by atoms with Crippen LogP contribution in [0.25, 0.3) is 11.1 Å². The van der Waals surface area contributed by atoms with Crippen LogP contribution in [-0.4, -0.2) is 52.2 Å². The van der Waals surface area contributed by atoms with E-state index in [2.05, 4.69) is 9.88 Å². The summed E-state index contributed by atoms with van der Waals surface area (Å²) < 4.78 is 5.52. The first-order valence-corrected chi connectivity index (χ1v) is 8.33. The highest BCUT2D eigenvalue weighted by atomic mass is 16.5. The Morgan fingerprint density at radius 3 is 2.73 bits per heavy atom. The molecule has 0 aliphatic carbocycles. The summed E-state index contributed by atoms with van der Waals surface area (Å²) >= 11 is 0. The summed E-state index contributed by atoms with van der Waals surface area (Å²) in [6.45, 7) is 3.79. The number of primary amides is 1. The standard InChI is InChI=1S/C19H21N3O4/c1-19(18(20)25)12-22(8-9-26-19)11-14-7-6-13(10-21-14)15-4-2-3-5-16(15)17(23)24/h2-7,10H,8-9,11-12H2,1H3,(H2,20,25)(H,23,24). The molecule has 1 fully saturated rings. The fraction of sp³-hybridized carbons (Fsp3) is 0.316. The maximum Gasteiger partial charge on any atom is 0.336 e. The van der Waals surface area contributed by atoms with E-state index >= 15 is 0 Å². The van der Waals surface area contributed by atoms with Crippen LogP contribution < -0.4 is 5.73 Å². The summed E-state index contributed by atoms with van der Waals surface area (Å²) in [5.41, 5.74) is 6.89. The molecule has 1 aromatic heterocycles. The zero-order valence-corrected chi connectivity index (χ0v) is 14.5. The van der Waals surface area contributed by atoms with Crippen molar-refractivity contribution in [2.24, 2.45) is 5.73 Å². The molecule has 1 atom stereocenters. The fourth-order valence-electron chi connectivity index (χ4n) is 3.06. The van der Waals surface area contributed by atoms with Crippen LogP contribution in [-0.2, 0) is 16.1 Å². The minimum atomic E-state index is -0.987. The number of morpholine rings is 1. The number of hydrogen-bond donors (Lipinski definition) is 2. The van der Waals surface area contributed by atoms with E-state index in [0.717, 1.165) is 11.3 Å². The largest absolute Gasteiger partial charge is 0.478 e. The quantitative estimate of drug-likeness (QED) is 0.842. The van der Waals surface area contributed by atoms with Gasteiger partial charge in [-0.25, -0.2) is 4.79 Å². The zero-order chi connectivity index (χ0) is 18.7. The number of nitrogens with two attached hydrogens (primary N) is 1. The zero-order valence-electron chi connectivity index (χ0n) is 14.5. The van der Waals surface area contributed by atoms with Gasteiger partial charge in [0.2, 0.25) is 0 Å². The van der Waals surface area contributed by atoms with Crippen LogP contribution >= 0.6 is 0 Å². The lowest BCUT2D eigenvalue weighted by atomic mass is 10.0. The Balaban J connectivity index is 1.75. The number of carbonyl (C=O) groups excluding carboxylic acids is 1. The number of benzene rings is 1. The van der Waals surface area contributed by atoms with E-state index in [1.807, 2.05) is 12.1 Å². The van der Waals surface area contributed by atoms with Gasteiger partial charge in [0.1, 0.15) is 0 Å². The van der Waals surface area contributed by atoms with Gasteiger partial charge in [-0.1, -0.05) is 24.3 Å². The minimum absolute atomic E-state index is 0.243. The molecule has 26 heavy (non-hydrogen) atoms. The molecule has 3 N–H and O–H groups in total. The molecule has 7 heteroatoms. The maximum absolute atomic E-state index is 11.6. The Morgan fingerprint density at radius 2 is 2.08 bits per heavy atom. The van der Waals surface area contributed by atoms with Crippen LogP contribution in [0.15, 0.2) is 42.6 Å². The lowest BCUT2D eigenvalue weighted by Gasteiger charge is -2.38. The second-order valence-electron chi connectivity index (χ2n) is 6.54. The molecule has 2 heterocycles. The number of hydrogen-bond acceptors (Lipinski definition) is 5. The predicted octanol–water partition coefficient (Wildman–Crippen LogP) is 1.52. The van der Waals surface area contributed by atoms with Gasteiger partial charge in [-0.05, 0) is 24.6 Å². The number of ether oxygens (including phenoxy) is 1. The van der Waals surface area contributed by atoms with E-state index in [4.69, 9.17) is 10.5 Å². The molecule has 7 nitrogen and oxygen atoms in total. The molecular formula is C19H21N3O4. The molecule has 1 unspecified atom stereocenters. The summed E-state index contributed by atoms with van der Waals surface area (Å²) in [5.74, 6) is -1.44. The lowest BCUT2D eigenvalue weighted by molar-refractivity contribution is -0.153. The van der Waals surface area contributed by atoms with Crippen LogP contribution in [0.5, 0.6) is 0 Å². The molecule has 0 spiro atoms. The number of carbonyl (C=O) groups is 2. The van der Waals surface area contributed by atoms with E-state index < -0.39 is 17.5 Å². The van der Waals surface area contributed by atoms with Crippen molar-refractivity contribution in [3.63, 3.8) is 0 Å². The molecule has 0 bridgehead atoms. The van der Waals surface area contributed by atoms with Crippen LogP contribution in [0.3, 0.4) is 0 Å². The summed E-state index contributed by atoms with van der Waals surface area (Å²) in [5, 5.41) is 9.32. The summed E-state index contributed by atoms with van der Waals surface area (Å²) in [4.78, 5) is 29.5. The summed E-state index contributed by atoms with van der Waals surface area (Å²) in [7, 11) is 0. The molecule has 0 saturated carbocycles. The van der Waals surface area contributed by atoms with Crippen molar-refractivity contribution in [1.82, 2.24) is 9.88 Å². The van der Waals surface area contributed by atoms with Crippen molar-refractivity contribution in [3.8, 4) is 11.1 Å². The highest BCUT2D eigenvalue weighted by Gasteiger charge is 2.37. The smallest absolute Gasteiger partial charge is 0.336 e. The Bertz CT molecular complexity index is 822. The molecule has 136 valence electrons. The lowest BCUT2D eigenvalue weighted by Crippen LogP contribution is -2.56. The van der Waals surface area contributed by atoms with E-state index in [1.165, 1.54) is 0 Å². The van der Waals surface area contributed by atoms with Gasteiger partial charge < -0.3 is 15.6 Å². The molecule has 1 aliphatic rings. The first-order chi connectivity index (χ1) is 12.4. The number of nitrogens with zero attached hydrogens (tertiary/aromatic N) is 2. The molecular weight excluding hydrogens is 334 g/mol. The fourth-order valence-corrected chi connectivity index (χ4v) is 3.06. The predicted molar refractivity (Wildman–Crippen MR) is 95.5 cm³/mol. The van der Waals surface area contributed by atoms with Gasteiger partial charge in [0.15, 0.2) is 5.60 Å². The van der Waals surface area contributed by atoms with E-state index in [9.17, 15) is 14.7 Å². The van der Waals surface area contributed by atoms with Gasteiger partial charge in [-0.3, -0.25) is 14.7 Å². The number of amides is 1. The average molecular weight is 355 g/mol. The molecule has 1 saturated heterocycles. The number of rotatable bonds is 5. The third kappa shape index (κ3) is 3.74. The molecule has 0 radical (unpaired) electrons. The number of aromatic carboxylic acids is 1. The highest BCUT2D eigenvalue weighted by molar-refractivity contribution is 5.95. The molecule has 1 aromatic carbocycles. The Hall–Kier alpha value is -2.77. The topological polar surface area (TPSA) is 106 Å². The average Bonchev–Trinajstić information content (AvgIpc) is 2.62. The maximum atomic E-state index is 11.6. The van der Waals surface area contributed by atoms with E-state index in [1.54, 1.807) is 37.4 Å². The van der Waals surface area contributed by atoms with Gasteiger partial charge in [0.25, 0.3) is 5.91 Å². The second kappa shape index (κ2) is 7.23. The van der Waals surface area contributed by atoms with E-state index in [0.29, 0.717) is 31.8 Å².